The van der Waals surface area contributed by atoms with E-state index in [1.54, 1.807) is 0 Å². The molecule has 0 fully saturated rings. The molecule has 13 nitrogen and oxygen atoms in total. The maximum atomic E-state index is 13.2. The SMILES string of the molecule is [N-]=[N+]=NCC(COCC(F)([N+](=O)[O-])[N+](=O)[O-])N=[N+]=[N-]. The minimum absolute atomic E-state index is 0.337. The summed E-state index contributed by atoms with van der Waals surface area (Å²) < 4.78 is 17.6. The van der Waals surface area contributed by atoms with E-state index in [1.165, 1.54) is 0 Å². The first-order valence-corrected chi connectivity index (χ1v) is 4.49. The number of azide groups is 2. The van der Waals surface area contributed by atoms with Gasteiger partial charge in [0, 0.05) is 16.4 Å². The number of hydrogen-bond acceptors (Lipinski definition) is 7. The fourth-order valence-corrected chi connectivity index (χ4v) is 0.823. The Balaban J connectivity index is 4.53. The molecule has 0 amide bonds. The monoisotopic (exact) mass is 278 g/mol. The maximum absolute atomic E-state index is 13.2. The molecular weight excluding hydrogens is 271 g/mol. The van der Waals surface area contributed by atoms with E-state index in [-0.39, 0.29) is 6.54 Å². The van der Waals surface area contributed by atoms with Crippen molar-refractivity contribution in [1.82, 2.24) is 0 Å². The minimum Gasteiger partial charge on any atom is -0.363 e. The third-order valence-corrected chi connectivity index (χ3v) is 1.73. The first-order valence-electron chi connectivity index (χ1n) is 4.49. The number of alkyl halides is 1. The highest BCUT2D eigenvalue weighted by Gasteiger charge is 2.58. The van der Waals surface area contributed by atoms with Gasteiger partial charge >= 0.3 is 5.92 Å². The Morgan fingerprint density at radius 3 is 2.32 bits per heavy atom. The highest BCUT2D eigenvalue weighted by Crippen LogP contribution is 2.13. The van der Waals surface area contributed by atoms with Crippen molar-refractivity contribution in [3.8, 4) is 0 Å². The highest BCUT2D eigenvalue weighted by atomic mass is 19.2. The van der Waals surface area contributed by atoms with Gasteiger partial charge in [-0.15, -0.1) is 0 Å². The molecule has 0 aromatic rings. The van der Waals surface area contributed by atoms with Crippen LogP contribution in [-0.2, 0) is 4.74 Å². The van der Waals surface area contributed by atoms with Crippen LogP contribution < -0.4 is 0 Å². The molecule has 0 spiro atoms. The molecule has 1 unspecified atom stereocenters. The predicted molar refractivity (Wildman–Crippen MR) is 55.6 cm³/mol. The van der Waals surface area contributed by atoms with Crippen molar-refractivity contribution in [2.24, 2.45) is 10.2 Å². The minimum atomic E-state index is -3.99. The first kappa shape index (κ1) is 16.3. The molecule has 0 aliphatic carbocycles. The molecule has 0 N–H and O–H groups in total. The van der Waals surface area contributed by atoms with E-state index in [0.29, 0.717) is 0 Å². The summed E-state index contributed by atoms with van der Waals surface area (Å²) in [5, 5.41) is 26.5. The molecule has 0 aromatic heterocycles. The number of nitro groups is 2. The van der Waals surface area contributed by atoms with Gasteiger partial charge in [-0.1, -0.05) is 14.6 Å². The quantitative estimate of drug-likeness (QED) is 0.116. The lowest BCUT2D eigenvalue weighted by Gasteiger charge is -2.11. The van der Waals surface area contributed by atoms with Crippen LogP contribution in [0.4, 0.5) is 4.39 Å². The van der Waals surface area contributed by atoms with Crippen LogP contribution in [0.2, 0.25) is 0 Å². The van der Waals surface area contributed by atoms with Gasteiger partial charge in [-0.3, -0.25) is 20.2 Å². The van der Waals surface area contributed by atoms with Crippen molar-refractivity contribution in [1.29, 1.82) is 0 Å². The second-order valence-electron chi connectivity index (χ2n) is 3.02. The van der Waals surface area contributed by atoms with Crippen molar-refractivity contribution < 1.29 is 19.0 Å². The summed E-state index contributed by atoms with van der Waals surface area (Å²) in [6.45, 7) is -2.38. The van der Waals surface area contributed by atoms with Gasteiger partial charge in [-0.05, 0) is 11.1 Å². The van der Waals surface area contributed by atoms with Crippen LogP contribution in [0.3, 0.4) is 0 Å². The highest BCUT2D eigenvalue weighted by molar-refractivity contribution is 4.70. The predicted octanol–water partition coefficient (Wildman–Crippen LogP) is 1.17. The van der Waals surface area contributed by atoms with Crippen molar-refractivity contribution in [2.75, 3.05) is 19.8 Å². The number of nitrogens with zero attached hydrogens (tertiary/aromatic N) is 8. The van der Waals surface area contributed by atoms with Crippen LogP contribution in [0.1, 0.15) is 0 Å². The Labute approximate surface area is 103 Å². The van der Waals surface area contributed by atoms with Crippen LogP contribution in [0.5, 0.6) is 0 Å². The summed E-state index contributed by atoms with van der Waals surface area (Å²) in [5.41, 5.74) is 16.2. The summed E-state index contributed by atoms with van der Waals surface area (Å²) >= 11 is 0. The van der Waals surface area contributed by atoms with Gasteiger partial charge < -0.3 is 4.74 Å². The first-order chi connectivity index (χ1) is 8.88. The molecule has 0 saturated heterocycles. The molecule has 0 aliphatic heterocycles. The van der Waals surface area contributed by atoms with Crippen molar-refractivity contribution in [2.45, 2.75) is 12.0 Å². The molecule has 104 valence electrons. The molecule has 0 aliphatic rings. The normalized spacial score (nSPS) is 11.8. The number of hydrogen-bond donors (Lipinski definition) is 0. The third kappa shape index (κ3) is 4.99. The molecular formula is C5H7FN8O5. The van der Waals surface area contributed by atoms with E-state index >= 15 is 0 Å². The number of ether oxygens (including phenoxy) is 1. The van der Waals surface area contributed by atoms with Gasteiger partial charge in [0.1, 0.15) is 9.85 Å². The van der Waals surface area contributed by atoms with E-state index in [4.69, 9.17) is 11.1 Å². The Hall–Kier alpha value is -2.69. The molecule has 0 rings (SSSR count). The summed E-state index contributed by atoms with van der Waals surface area (Å²) in [4.78, 5) is 21.6. The summed E-state index contributed by atoms with van der Waals surface area (Å²) in [6, 6.07) is -1.05. The maximum Gasteiger partial charge on any atom is 0.637 e. The van der Waals surface area contributed by atoms with Gasteiger partial charge in [-0.25, -0.2) is 0 Å². The van der Waals surface area contributed by atoms with E-state index < -0.39 is 35.0 Å². The van der Waals surface area contributed by atoms with Gasteiger partial charge in [-0.2, -0.15) is 0 Å². The molecule has 0 bridgehead atoms. The Bertz CT molecular complexity index is 429. The third-order valence-electron chi connectivity index (χ3n) is 1.73. The number of halogens is 1. The van der Waals surface area contributed by atoms with Gasteiger partial charge in [0.15, 0.2) is 0 Å². The topological polar surface area (TPSA) is 193 Å². The molecule has 19 heavy (non-hydrogen) atoms. The van der Waals surface area contributed by atoms with Crippen LogP contribution in [0.15, 0.2) is 10.2 Å². The molecule has 0 heterocycles. The molecule has 0 saturated carbocycles. The van der Waals surface area contributed by atoms with Crippen molar-refractivity contribution in [3.05, 3.63) is 41.1 Å². The average Bonchev–Trinajstić information content (AvgIpc) is 2.35. The zero-order valence-electron chi connectivity index (χ0n) is 9.20. The number of rotatable bonds is 9. The zero-order chi connectivity index (χ0) is 14.9. The summed E-state index contributed by atoms with van der Waals surface area (Å²) in [7, 11) is 0. The van der Waals surface area contributed by atoms with Crippen LogP contribution in [-0.4, -0.2) is 41.6 Å². The standard InChI is InChI=1S/C5H7FN8O5/c6-5(13(15)16,14(17)18)3-19-2-4(10-12-8)1-9-11-7/h4H,1-3H2. The second-order valence-corrected chi connectivity index (χ2v) is 3.02. The Morgan fingerprint density at radius 1 is 1.32 bits per heavy atom. The Kier molecular flexibility index (Phi) is 6.52. The molecule has 14 heteroatoms. The molecule has 0 radical (unpaired) electrons. The van der Waals surface area contributed by atoms with Crippen LogP contribution in [0, 0.1) is 20.2 Å². The van der Waals surface area contributed by atoms with Gasteiger partial charge in [0.25, 0.3) is 0 Å². The fourth-order valence-electron chi connectivity index (χ4n) is 0.823. The van der Waals surface area contributed by atoms with E-state index in [0.717, 1.165) is 0 Å². The van der Waals surface area contributed by atoms with E-state index in [2.05, 4.69) is 24.8 Å². The smallest absolute Gasteiger partial charge is 0.363 e. The van der Waals surface area contributed by atoms with Gasteiger partial charge in [0.2, 0.25) is 6.61 Å². The van der Waals surface area contributed by atoms with Gasteiger partial charge in [0.05, 0.1) is 12.6 Å². The van der Waals surface area contributed by atoms with E-state index in [9.17, 15) is 24.6 Å². The summed E-state index contributed by atoms with van der Waals surface area (Å²) in [6.07, 6.45) is 0. The second kappa shape index (κ2) is 7.60. The fraction of sp³-hybridized carbons (Fsp3) is 1.00. The lowest BCUT2D eigenvalue weighted by atomic mass is 10.3. The van der Waals surface area contributed by atoms with Crippen LogP contribution >= 0.6 is 0 Å². The van der Waals surface area contributed by atoms with Crippen molar-refractivity contribution >= 4 is 0 Å². The average molecular weight is 278 g/mol. The Morgan fingerprint density at radius 2 is 1.89 bits per heavy atom. The molecule has 0 aromatic carbocycles. The van der Waals surface area contributed by atoms with E-state index in [1.807, 2.05) is 0 Å². The summed E-state index contributed by atoms with van der Waals surface area (Å²) in [5.74, 6) is -3.99. The molecule has 1 atom stereocenters. The van der Waals surface area contributed by atoms with Crippen molar-refractivity contribution in [3.63, 3.8) is 0 Å². The largest absolute Gasteiger partial charge is 0.637 e. The zero-order valence-corrected chi connectivity index (χ0v) is 9.20. The lowest BCUT2D eigenvalue weighted by molar-refractivity contribution is -0.833. The van der Waals surface area contributed by atoms with Crippen LogP contribution in [0.25, 0.3) is 20.9 Å². The lowest BCUT2D eigenvalue weighted by Crippen LogP contribution is -2.46.